The third-order valence-electron chi connectivity index (χ3n) is 2.38. The summed E-state index contributed by atoms with van der Waals surface area (Å²) in [5, 5.41) is 16.0. The number of hydrogen-bond acceptors (Lipinski definition) is 7. The fourth-order valence-electron chi connectivity index (χ4n) is 1.48. The molecule has 0 aliphatic carbocycles. The SMILES string of the molecule is CCOC(=O)c1cn[nH]c1S(=O)(=O)Nc1sccc1C#N. The summed E-state index contributed by atoms with van der Waals surface area (Å²) < 4.78 is 31.5. The number of hydrogen-bond donors (Lipinski definition) is 2. The Bertz CT molecular complexity index is 800. The molecule has 2 aromatic rings. The number of ether oxygens (including phenoxy) is 1. The molecule has 2 rings (SSSR count). The summed E-state index contributed by atoms with van der Waals surface area (Å²) >= 11 is 1.06. The zero-order valence-electron chi connectivity index (χ0n) is 10.8. The van der Waals surface area contributed by atoms with Crippen molar-refractivity contribution < 1.29 is 17.9 Å². The van der Waals surface area contributed by atoms with Gasteiger partial charge >= 0.3 is 5.97 Å². The van der Waals surface area contributed by atoms with Gasteiger partial charge in [-0.05, 0) is 18.4 Å². The minimum absolute atomic E-state index is 0.112. The molecule has 0 unspecified atom stereocenters. The number of aromatic amines is 1. The normalized spacial score (nSPS) is 10.9. The van der Waals surface area contributed by atoms with Crippen LogP contribution in [0.4, 0.5) is 5.00 Å². The number of sulfonamides is 1. The lowest BCUT2D eigenvalue weighted by Crippen LogP contribution is -2.17. The molecule has 0 aliphatic rings. The molecule has 2 aromatic heterocycles. The third-order valence-corrected chi connectivity index (χ3v) is 4.66. The zero-order chi connectivity index (χ0) is 15.5. The van der Waals surface area contributed by atoms with Crippen molar-refractivity contribution in [3.8, 4) is 6.07 Å². The highest BCUT2D eigenvalue weighted by molar-refractivity contribution is 7.93. The highest BCUT2D eigenvalue weighted by Gasteiger charge is 2.27. The molecular weight excluding hydrogens is 316 g/mol. The molecule has 0 radical (unpaired) electrons. The number of nitrogens with zero attached hydrogens (tertiary/aromatic N) is 2. The number of anilines is 1. The first kappa shape index (κ1) is 15.0. The zero-order valence-corrected chi connectivity index (χ0v) is 12.4. The average Bonchev–Trinajstić information content (AvgIpc) is 3.06. The number of carbonyl (C=O) groups excluding carboxylic acids is 1. The van der Waals surface area contributed by atoms with Crippen LogP contribution in [0.25, 0.3) is 0 Å². The minimum Gasteiger partial charge on any atom is -0.462 e. The summed E-state index contributed by atoms with van der Waals surface area (Å²) in [6.45, 7) is 1.72. The van der Waals surface area contributed by atoms with Crippen molar-refractivity contribution in [1.29, 1.82) is 5.26 Å². The maximum absolute atomic E-state index is 12.3. The minimum atomic E-state index is -4.08. The van der Waals surface area contributed by atoms with Gasteiger partial charge in [-0.1, -0.05) is 0 Å². The van der Waals surface area contributed by atoms with Gasteiger partial charge in [0.25, 0.3) is 10.0 Å². The van der Waals surface area contributed by atoms with Gasteiger partial charge in [-0.2, -0.15) is 18.8 Å². The van der Waals surface area contributed by atoms with Crippen molar-refractivity contribution in [2.24, 2.45) is 0 Å². The second kappa shape index (κ2) is 5.94. The van der Waals surface area contributed by atoms with Crippen LogP contribution in [0.2, 0.25) is 0 Å². The molecule has 2 heterocycles. The molecule has 21 heavy (non-hydrogen) atoms. The molecule has 10 heteroatoms. The Hall–Kier alpha value is -2.38. The van der Waals surface area contributed by atoms with E-state index in [0.29, 0.717) is 0 Å². The Kier molecular flexibility index (Phi) is 4.25. The smallest absolute Gasteiger partial charge is 0.342 e. The number of rotatable bonds is 5. The lowest BCUT2D eigenvalue weighted by molar-refractivity contribution is 0.0522. The van der Waals surface area contributed by atoms with Crippen LogP contribution in [0.3, 0.4) is 0 Å². The summed E-state index contributed by atoms with van der Waals surface area (Å²) in [6.07, 6.45) is 1.08. The maximum Gasteiger partial charge on any atom is 0.342 e. The summed E-state index contributed by atoms with van der Waals surface area (Å²) in [5.74, 6) is -0.793. The number of nitrogens with one attached hydrogen (secondary N) is 2. The van der Waals surface area contributed by atoms with E-state index in [1.165, 1.54) is 6.07 Å². The van der Waals surface area contributed by atoms with E-state index in [1.54, 1.807) is 12.3 Å². The van der Waals surface area contributed by atoms with E-state index in [2.05, 4.69) is 14.9 Å². The fraction of sp³-hybridized carbons (Fsp3) is 0.182. The van der Waals surface area contributed by atoms with E-state index in [-0.39, 0.29) is 22.7 Å². The number of H-pyrrole nitrogens is 1. The molecule has 0 saturated heterocycles. The quantitative estimate of drug-likeness (QED) is 0.798. The Morgan fingerprint density at radius 3 is 3.05 bits per heavy atom. The van der Waals surface area contributed by atoms with Crippen molar-refractivity contribution in [3.05, 3.63) is 28.8 Å². The number of carbonyl (C=O) groups is 1. The summed E-state index contributed by atoms with van der Waals surface area (Å²) in [4.78, 5) is 11.7. The van der Waals surface area contributed by atoms with Crippen LogP contribution in [-0.4, -0.2) is 31.2 Å². The van der Waals surface area contributed by atoms with Crippen LogP contribution in [0.5, 0.6) is 0 Å². The third kappa shape index (κ3) is 3.04. The van der Waals surface area contributed by atoms with Crippen LogP contribution in [0.15, 0.2) is 22.7 Å². The second-order valence-corrected chi connectivity index (χ2v) is 6.25. The Morgan fingerprint density at radius 1 is 1.62 bits per heavy atom. The van der Waals surface area contributed by atoms with E-state index in [1.807, 2.05) is 6.07 Å². The van der Waals surface area contributed by atoms with E-state index in [0.717, 1.165) is 17.5 Å². The highest BCUT2D eigenvalue weighted by atomic mass is 32.2. The molecule has 110 valence electrons. The number of aromatic nitrogens is 2. The van der Waals surface area contributed by atoms with E-state index >= 15 is 0 Å². The van der Waals surface area contributed by atoms with Gasteiger partial charge in [0.05, 0.1) is 18.4 Å². The number of esters is 1. The largest absolute Gasteiger partial charge is 0.462 e. The van der Waals surface area contributed by atoms with Crippen LogP contribution < -0.4 is 4.72 Å². The van der Waals surface area contributed by atoms with Gasteiger partial charge in [-0.25, -0.2) is 4.79 Å². The lowest BCUT2D eigenvalue weighted by atomic mass is 10.4. The van der Waals surface area contributed by atoms with E-state index in [9.17, 15) is 13.2 Å². The fourth-order valence-corrected chi connectivity index (χ4v) is 3.64. The molecular formula is C11H10N4O4S2. The van der Waals surface area contributed by atoms with Gasteiger partial charge in [-0.3, -0.25) is 9.82 Å². The topological polar surface area (TPSA) is 125 Å². The molecule has 0 aliphatic heterocycles. The van der Waals surface area contributed by atoms with E-state index in [4.69, 9.17) is 10.00 Å². The molecule has 0 atom stereocenters. The van der Waals surface area contributed by atoms with Crippen LogP contribution in [0, 0.1) is 11.3 Å². The molecule has 0 amide bonds. The van der Waals surface area contributed by atoms with Crippen molar-refractivity contribution in [3.63, 3.8) is 0 Å². The lowest BCUT2D eigenvalue weighted by Gasteiger charge is -2.06. The highest BCUT2D eigenvalue weighted by Crippen LogP contribution is 2.26. The van der Waals surface area contributed by atoms with Crippen LogP contribution in [0.1, 0.15) is 22.8 Å². The maximum atomic E-state index is 12.3. The standard InChI is InChI=1S/C11H10N4O4S2/c1-2-19-11(16)8-6-13-14-10(8)21(17,18)15-9-7(5-12)3-4-20-9/h3-4,6,15H,2H2,1H3,(H,13,14). The van der Waals surface area contributed by atoms with Crippen molar-refractivity contribution in [2.75, 3.05) is 11.3 Å². The van der Waals surface area contributed by atoms with Gasteiger partial charge in [0.1, 0.15) is 16.6 Å². The summed E-state index contributed by atoms with van der Waals surface area (Å²) in [7, 11) is -4.08. The predicted molar refractivity (Wildman–Crippen MR) is 74.4 cm³/mol. The molecule has 8 nitrogen and oxygen atoms in total. The summed E-state index contributed by atoms with van der Waals surface area (Å²) in [6, 6.07) is 3.35. The second-order valence-electron chi connectivity index (χ2n) is 3.71. The van der Waals surface area contributed by atoms with Gasteiger partial charge in [-0.15, -0.1) is 11.3 Å². The monoisotopic (exact) mass is 326 g/mol. The first-order valence-electron chi connectivity index (χ1n) is 5.70. The van der Waals surface area contributed by atoms with E-state index < -0.39 is 21.0 Å². The average molecular weight is 326 g/mol. The first-order chi connectivity index (χ1) is 9.99. The van der Waals surface area contributed by atoms with Crippen molar-refractivity contribution >= 4 is 32.3 Å². The van der Waals surface area contributed by atoms with Crippen molar-refractivity contribution in [1.82, 2.24) is 10.2 Å². The van der Waals surface area contributed by atoms with Crippen molar-refractivity contribution in [2.45, 2.75) is 11.9 Å². The molecule has 0 aromatic carbocycles. The Labute approximate surface area is 124 Å². The Morgan fingerprint density at radius 2 is 2.38 bits per heavy atom. The number of thiophene rings is 1. The molecule has 0 spiro atoms. The van der Waals surface area contributed by atoms with Gasteiger partial charge < -0.3 is 4.74 Å². The molecule has 0 bridgehead atoms. The van der Waals surface area contributed by atoms with Gasteiger partial charge in [0.2, 0.25) is 0 Å². The molecule has 0 saturated carbocycles. The summed E-state index contributed by atoms with van der Waals surface area (Å²) in [5.41, 5.74) is 0.000175. The molecule has 0 fully saturated rings. The van der Waals surface area contributed by atoms with Gasteiger partial charge in [0.15, 0.2) is 5.03 Å². The predicted octanol–water partition coefficient (Wildman–Crippen LogP) is 1.32. The van der Waals surface area contributed by atoms with Crippen LogP contribution in [-0.2, 0) is 14.8 Å². The first-order valence-corrected chi connectivity index (χ1v) is 8.06. The van der Waals surface area contributed by atoms with Crippen LogP contribution >= 0.6 is 11.3 Å². The Balaban J connectivity index is 2.35. The number of nitriles is 1. The van der Waals surface area contributed by atoms with Gasteiger partial charge in [0, 0.05) is 0 Å². The molecule has 2 N–H and O–H groups in total.